The number of rotatable bonds is 7. The summed E-state index contributed by atoms with van der Waals surface area (Å²) >= 11 is 0. The number of nitrogens with one attached hydrogen (secondary N) is 1. The van der Waals surface area contributed by atoms with Crippen molar-refractivity contribution in [2.75, 3.05) is 6.54 Å². The highest BCUT2D eigenvalue weighted by Crippen LogP contribution is 2.25. The lowest BCUT2D eigenvalue weighted by molar-refractivity contribution is -0.149. The van der Waals surface area contributed by atoms with Crippen molar-refractivity contribution in [3.8, 4) is 0 Å². The van der Waals surface area contributed by atoms with Crippen molar-refractivity contribution in [1.82, 2.24) is 15.1 Å². The maximum atomic E-state index is 11.3. The highest BCUT2D eigenvalue weighted by atomic mass is 16.4. The predicted molar refractivity (Wildman–Crippen MR) is 70.3 cm³/mol. The van der Waals surface area contributed by atoms with Crippen molar-refractivity contribution in [3.63, 3.8) is 0 Å². The van der Waals surface area contributed by atoms with Crippen LogP contribution in [0.4, 0.5) is 0 Å². The molecule has 1 heterocycles. The second-order valence-corrected chi connectivity index (χ2v) is 4.81. The molecule has 0 spiro atoms. The molecule has 102 valence electrons. The molecule has 5 heteroatoms. The van der Waals surface area contributed by atoms with Gasteiger partial charge >= 0.3 is 5.97 Å². The lowest BCUT2D eigenvalue weighted by Crippen LogP contribution is -2.40. The standard InChI is InChI=1S/C13H23N3O2/c1-5-13(6-2,12(17)18)9-14-7-11-8-16(4)15-10(11)3/h8,14H,5-7,9H2,1-4H3,(H,17,18). The highest BCUT2D eigenvalue weighted by molar-refractivity contribution is 5.74. The second kappa shape index (κ2) is 6.00. The van der Waals surface area contributed by atoms with Crippen molar-refractivity contribution in [1.29, 1.82) is 0 Å². The van der Waals surface area contributed by atoms with E-state index in [9.17, 15) is 9.90 Å². The fourth-order valence-electron chi connectivity index (χ4n) is 2.14. The zero-order chi connectivity index (χ0) is 13.8. The van der Waals surface area contributed by atoms with Crippen LogP contribution in [-0.2, 0) is 18.4 Å². The predicted octanol–water partition coefficient (Wildman–Crippen LogP) is 1.71. The Morgan fingerprint density at radius 1 is 1.50 bits per heavy atom. The number of nitrogens with zero attached hydrogens (tertiary/aromatic N) is 2. The third kappa shape index (κ3) is 3.10. The number of hydrogen-bond donors (Lipinski definition) is 2. The minimum absolute atomic E-state index is 0.490. The van der Waals surface area contributed by atoms with Gasteiger partial charge in [0.25, 0.3) is 0 Å². The molecule has 0 atom stereocenters. The third-order valence-electron chi connectivity index (χ3n) is 3.70. The van der Waals surface area contributed by atoms with Gasteiger partial charge in [-0.15, -0.1) is 0 Å². The topological polar surface area (TPSA) is 67.2 Å². The molecule has 0 aliphatic rings. The summed E-state index contributed by atoms with van der Waals surface area (Å²) in [6, 6.07) is 0. The van der Waals surface area contributed by atoms with E-state index in [1.54, 1.807) is 4.68 Å². The summed E-state index contributed by atoms with van der Waals surface area (Å²) in [7, 11) is 1.89. The molecule has 0 aromatic carbocycles. The van der Waals surface area contributed by atoms with Crippen molar-refractivity contribution < 1.29 is 9.90 Å². The molecule has 0 aliphatic heterocycles. The van der Waals surface area contributed by atoms with Crippen LogP contribution >= 0.6 is 0 Å². The Morgan fingerprint density at radius 2 is 2.11 bits per heavy atom. The normalized spacial score (nSPS) is 11.8. The molecule has 0 saturated heterocycles. The van der Waals surface area contributed by atoms with Gasteiger partial charge in [0.2, 0.25) is 0 Å². The summed E-state index contributed by atoms with van der Waals surface area (Å²) in [5.74, 6) is -0.720. The van der Waals surface area contributed by atoms with Gasteiger partial charge < -0.3 is 10.4 Å². The summed E-state index contributed by atoms with van der Waals surface area (Å²) in [4.78, 5) is 11.3. The number of carbonyl (C=O) groups is 1. The molecule has 0 amide bonds. The Kier molecular flexibility index (Phi) is 4.90. The summed E-state index contributed by atoms with van der Waals surface area (Å²) < 4.78 is 1.77. The molecule has 0 radical (unpaired) electrons. The molecule has 1 aromatic heterocycles. The average molecular weight is 253 g/mol. The Bertz CT molecular complexity index is 408. The first kappa shape index (κ1) is 14.7. The van der Waals surface area contributed by atoms with Crippen molar-refractivity contribution in [3.05, 3.63) is 17.5 Å². The van der Waals surface area contributed by atoms with Gasteiger partial charge in [0.1, 0.15) is 0 Å². The monoisotopic (exact) mass is 253 g/mol. The Labute approximate surface area is 108 Å². The lowest BCUT2D eigenvalue weighted by Gasteiger charge is -2.26. The number of aryl methyl sites for hydroxylation is 2. The molecule has 2 N–H and O–H groups in total. The first-order valence-electron chi connectivity index (χ1n) is 6.38. The zero-order valence-corrected chi connectivity index (χ0v) is 11.7. The minimum atomic E-state index is -0.720. The quantitative estimate of drug-likeness (QED) is 0.776. The minimum Gasteiger partial charge on any atom is -0.481 e. The molecule has 0 unspecified atom stereocenters. The van der Waals surface area contributed by atoms with Gasteiger partial charge in [-0.25, -0.2) is 0 Å². The van der Waals surface area contributed by atoms with Crippen molar-refractivity contribution in [2.45, 2.75) is 40.2 Å². The molecule has 0 aliphatic carbocycles. The Morgan fingerprint density at radius 3 is 2.50 bits per heavy atom. The number of aliphatic carboxylic acids is 1. The van der Waals surface area contributed by atoms with Gasteiger partial charge in [0.05, 0.1) is 11.1 Å². The van der Waals surface area contributed by atoms with E-state index in [0.717, 1.165) is 11.3 Å². The molecule has 0 bridgehead atoms. The first-order valence-corrected chi connectivity index (χ1v) is 6.38. The fourth-order valence-corrected chi connectivity index (χ4v) is 2.14. The fraction of sp³-hybridized carbons (Fsp3) is 0.692. The van der Waals surface area contributed by atoms with Crippen LogP contribution in [0.2, 0.25) is 0 Å². The van der Waals surface area contributed by atoms with Crippen LogP contribution in [0, 0.1) is 12.3 Å². The van der Waals surface area contributed by atoms with E-state index >= 15 is 0 Å². The van der Waals surface area contributed by atoms with Gasteiger partial charge in [-0.2, -0.15) is 5.10 Å². The second-order valence-electron chi connectivity index (χ2n) is 4.81. The summed E-state index contributed by atoms with van der Waals surface area (Å²) in [5.41, 5.74) is 1.44. The number of carboxylic acid groups (broad SMARTS) is 1. The lowest BCUT2D eigenvalue weighted by atomic mass is 9.82. The van der Waals surface area contributed by atoms with E-state index in [-0.39, 0.29) is 0 Å². The van der Waals surface area contributed by atoms with E-state index in [1.807, 2.05) is 34.0 Å². The molecule has 0 fully saturated rings. The van der Waals surface area contributed by atoms with Crippen molar-refractivity contribution >= 4 is 5.97 Å². The van der Waals surface area contributed by atoms with Crippen LogP contribution in [0.5, 0.6) is 0 Å². The highest BCUT2D eigenvalue weighted by Gasteiger charge is 2.34. The van der Waals surface area contributed by atoms with Crippen molar-refractivity contribution in [2.24, 2.45) is 12.5 Å². The maximum Gasteiger partial charge on any atom is 0.310 e. The van der Waals surface area contributed by atoms with Crippen LogP contribution in [0.25, 0.3) is 0 Å². The Balaban J connectivity index is 2.59. The summed E-state index contributed by atoms with van der Waals surface area (Å²) in [6.45, 7) is 6.96. The van der Waals surface area contributed by atoms with Crippen LogP contribution in [-0.4, -0.2) is 27.4 Å². The maximum absolute atomic E-state index is 11.3. The van der Waals surface area contributed by atoms with E-state index in [2.05, 4.69) is 10.4 Å². The molecular formula is C13H23N3O2. The number of aromatic nitrogens is 2. The van der Waals surface area contributed by atoms with Gasteiger partial charge in [-0.05, 0) is 19.8 Å². The SMILES string of the molecule is CCC(CC)(CNCc1cn(C)nc1C)C(=O)O. The molecular weight excluding hydrogens is 230 g/mol. The van der Waals surface area contributed by atoms with E-state index < -0.39 is 11.4 Å². The number of hydrogen-bond acceptors (Lipinski definition) is 3. The summed E-state index contributed by atoms with van der Waals surface area (Å²) in [6.07, 6.45) is 3.23. The summed E-state index contributed by atoms with van der Waals surface area (Å²) in [5, 5.41) is 16.8. The average Bonchev–Trinajstić information content (AvgIpc) is 2.63. The van der Waals surface area contributed by atoms with E-state index in [1.165, 1.54) is 0 Å². The largest absolute Gasteiger partial charge is 0.481 e. The molecule has 18 heavy (non-hydrogen) atoms. The van der Waals surface area contributed by atoms with E-state index in [4.69, 9.17) is 0 Å². The van der Waals surface area contributed by atoms with Gasteiger partial charge in [-0.1, -0.05) is 13.8 Å². The molecule has 0 saturated carbocycles. The smallest absolute Gasteiger partial charge is 0.310 e. The van der Waals surface area contributed by atoms with Crippen LogP contribution < -0.4 is 5.32 Å². The van der Waals surface area contributed by atoms with Crippen LogP contribution in [0.1, 0.15) is 37.9 Å². The third-order valence-corrected chi connectivity index (χ3v) is 3.70. The van der Waals surface area contributed by atoms with E-state index in [0.29, 0.717) is 25.9 Å². The molecule has 1 aromatic rings. The van der Waals surface area contributed by atoms with Crippen LogP contribution in [0.15, 0.2) is 6.20 Å². The zero-order valence-electron chi connectivity index (χ0n) is 11.7. The van der Waals surface area contributed by atoms with Gasteiger partial charge in [0.15, 0.2) is 0 Å². The first-order chi connectivity index (χ1) is 8.45. The molecule has 5 nitrogen and oxygen atoms in total. The van der Waals surface area contributed by atoms with Crippen LogP contribution in [0.3, 0.4) is 0 Å². The number of carboxylic acids is 1. The van der Waals surface area contributed by atoms with Gasteiger partial charge in [0, 0.05) is 31.9 Å². The van der Waals surface area contributed by atoms with Gasteiger partial charge in [-0.3, -0.25) is 9.48 Å². The Hall–Kier alpha value is -1.36. The molecule has 1 rings (SSSR count).